The van der Waals surface area contributed by atoms with Crippen molar-refractivity contribution in [3.8, 4) is 0 Å². The Labute approximate surface area is 289 Å². The lowest BCUT2D eigenvalue weighted by molar-refractivity contribution is -0.142. The molecule has 0 bridgehead atoms. The minimum absolute atomic E-state index is 0.0307. The molecular formula is C37H36N4O6S2. The Hall–Kier alpha value is -4.94. The Bertz CT molecular complexity index is 2180. The van der Waals surface area contributed by atoms with E-state index in [1.165, 1.54) is 36.9 Å². The quantitative estimate of drug-likeness (QED) is 0.104. The van der Waals surface area contributed by atoms with Gasteiger partial charge in [0.25, 0.3) is 0 Å². The first-order chi connectivity index (χ1) is 23.9. The van der Waals surface area contributed by atoms with Crippen LogP contribution in [-0.4, -0.2) is 47.1 Å². The van der Waals surface area contributed by atoms with Crippen molar-refractivity contribution < 1.29 is 28.7 Å². The largest absolute Gasteiger partial charge is 0.468 e. The normalized spacial score (nSPS) is 12.4. The number of carbonyl (C=O) groups is 4. The van der Waals surface area contributed by atoms with E-state index in [1.807, 2.05) is 72.8 Å². The molecular weight excluding hydrogens is 661 g/mol. The third kappa shape index (κ3) is 7.71. The predicted molar refractivity (Wildman–Crippen MR) is 192 cm³/mol. The molecule has 0 saturated heterocycles. The first-order valence-electron chi connectivity index (χ1n) is 16.2. The van der Waals surface area contributed by atoms with Gasteiger partial charge in [0.2, 0.25) is 11.8 Å². The van der Waals surface area contributed by atoms with Crippen molar-refractivity contribution in [3.63, 3.8) is 0 Å². The molecule has 0 saturated carbocycles. The lowest BCUT2D eigenvalue weighted by Gasteiger charge is -2.05. The zero-order valence-corrected chi connectivity index (χ0v) is 29.0. The molecule has 6 rings (SSSR count). The van der Waals surface area contributed by atoms with E-state index in [4.69, 9.17) is 9.47 Å². The van der Waals surface area contributed by atoms with E-state index in [2.05, 4.69) is 9.98 Å². The summed E-state index contributed by atoms with van der Waals surface area (Å²) < 4.78 is 15.2. The number of benzene rings is 4. The van der Waals surface area contributed by atoms with E-state index in [0.29, 0.717) is 35.3 Å². The summed E-state index contributed by atoms with van der Waals surface area (Å²) in [7, 11) is 2.68. The van der Waals surface area contributed by atoms with Crippen LogP contribution in [0.2, 0.25) is 0 Å². The Kier molecular flexibility index (Phi) is 10.8. The average molecular weight is 697 g/mol. The number of rotatable bonds is 12. The molecule has 0 aliphatic heterocycles. The Morgan fingerprint density at radius 1 is 0.571 bits per heavy atom. The van der Waals surface area contributed by atoms with Crippen LogP contribution in [-0.2, 0) is 41.7 Å². The summed E-state index contributed by atoms with van der Waals surface area (Å²) in [4.78, 5) is 59.9. The van der Waals surface area contributed by atoms with Crippen molar-refractivity contribution >= 4 is 88.4 Å². The number of carbonyl (C=O) groups excluding carboxylic acids is 4. The molecule has 0 aliphatic carbocycles. The number of hydrogen-bond acceptors (Lipinski definition) is 8. The highest BCUT2D eigenvalue weighted by atomic mass is 32.1. The van der Waals surface area contributed by atoms with Crippen molar-refractivity contribution in [1.82, 2.24) is 9.13 Å². The topological polar surface area (TPSA) is 121 Å². The van der Waals surface area contributed by atoms with Crippen molar-refractivity contribution in [2.75, 3.05) is 14.2 Å². The van der Waals surface area contributed by atoms with Gasteiger partial charge in [-0.05, 0) is 35.7 Å². The van der Waals surface area contributed by atoms with Crippen LogP contribution < -0.4 is 9.60 Å². The molecule has 0 radical (unpaired) electrons. The maximum atomic E-state index is 12.9. The summed E-state index contributed by atoms with van der Waals surface area (Å²) in [5, 5.41) is 4.24. The van der Waals surface area contributed by atoms with Crippen molar-refractivity contribution in [3.05, 3.63) is 82.4 Å². The molecule has 2 aromatic heterocycles. The van der Waals surface area contributed by atoms with E-state index in [1.54, 1.807) is 9.13 Å². The third-order valence-corrected chi connectivity index (χ3v) is 10.7. The fourth-order valence-electron chi connectivity index (χ4n) is 5.87. The summed E-state index contributed by atoms with van der Waals surface area (Å²) >= 11 is 2.79. The van der Waals surface area contributed by atoms with Gasteiger partial charge in [0, 0.05) is 23.6 Å². The maximum Gasteiger partial charge on any atom is 0.325 e. The van der Waals surface area contributed by atoms with E-state index < -0.39 is 11.9 Å². The first-order valence-corrected chi connectivity index (χ1v) is 17.8. The van der Waals surface area contributed by atoms with Crippen LogP contribution in [0, 0.1) is 0 Å². The van der Waals surface area contributed by atoms with Crippen LogP contribution in [0.25, 0.3) is 42.0 Å². The number of methoxy groups -OCH3 is 2. The van der Waals surface area contributed by atoms with Gasteiger partial charge >= 0.3 is 11.9 Å². The molecule has 0 aliphatic rings. The van der Waals surface area contributed by atoms with Crippen LogP contribution in [0.1, 0.15) is 44.9 Å². The predicted octanol–water partition coefficient (Wildman–Crippen LogP) is 6.66. The Balaban J connectivity index is 1.05. The Morgan fingerprint density at radius 2 is 0.980 bits per heavy atom. The van der Waals surface area contributed by atoms with E-state index in [-0.39, 0.29) is 24.9 Å². The molecule has 49 heavy (non-hydrogen) atoms. The highest BCUT2D eigenvalue weighted by Gasteiger charge is 2.15. The lowest BCUT2D eigenvalue weighted by atomic mass is 10.1. The monoisotopic (exact) mass is 696 g/mol. The third-order valence-electron chi connectivity index (χ3n) is 8.40. The highest BCUT2D eigenvalue weighted by Crippen LogP contribution is 2.29. The van der Waals surface area contributed by atoms with Crippen LogP contribution in [0.4, 0.5) is 0 Å². The molecule has 2 amide bonds. The van der Waals surface area contributed by atoms with Gasteiger partial charge in [-0.15, -0.1) is 0 Å². The Morgan fingerprint density at radius 3 is 1.41 bits per heavy atom. The van der Waals surface area contributed by atoms with Gasteiger partial charge in [0.05, 0.1) is 34.7 Å². The van der Waals surface area contributed by atoms with Crippen LogP contribution >= 0.6 is 22.7 Å². The van der Waals surface area contributed by atoms with Gasteiger partial charge in [-0.25, -0.2) is 0 Å². The number of fused-ring (bicyclic) bond motifs is 6. The second-order valence-corrected chi connectivity index (χ2v) is 13.6. The molecule has 2 heterocycles. The zero-order chi connectivity index (χ0) is 34.3. The van der Waals surface area contributed by atoms with Gasteiger partial charge in [-0.3, -0.25) is 19.2 Å². The summed E-state index contributed by atoms with van der Waals surface area (Å²) in [5.74, 6) is -1.30. The van der Waals surface area contributed by atoms with Crippen molar-refractivity contribution in [2.45, 2.75) is 58.0 Å². The van der Waals surface area contributed by atoms with Gasteiger partial charge in [-0.1, -0.05) is 103 Å². The number of unbranched alkanes of at least 4 members (excludes halogenated alkanes) is 4. The van der Waals surface area contributed by atoms with Gasteiger partial charge in [0.15, 0.2) is 9.60 Å². The number of thiazole rings is 2. The van der Waals surface area contributed by atoms with Crippen LogP contribution in [0.5, 0.6) is 0 Å². The first kappa shape index (κ1) is 33.9. The number of esters is 2. The SMILES string of the molecule is COC(=O)Cn1c(=NC(=O)CCCCCCCC(=O)N=c2sc3c4ccccc4ccc3n2CC(=O)OC)sc2c3ccccc3ccc21. The summed E-state index contributed by atoms with van der Waals surface area (Å²) in [5.41, 5.74) is 1.67. The molecule has 4 aromatic carbocycles. The minimum Gasteiger partial charge on any atom is -0.468 e. The molecule has 252 valence electrons. The number of aromatic nitrogens is 2. The molecule has 0 unspecified atom stereocenters. The van der Waals surface area contributed by atoms with Crippen molar-refractivity contribution in [2.24, 2.45) is 9.98 Å². The number of nitrogens with zero attached hydrogens (tertiary/aromatic N) is 4. The second-order valence-electron chi connectivity index (χ2n) is 11.6. The molecule has 10 nitrogen and oxygen atoms in total. The van der Waals surface area contributed by atoms with E-state index >= 15 is 0 Å². The van der Waals surface area contributed by atoms with Gasteiger partial charge in [-0.2, -0.15) is 9.98 Å². The van der Waals surface area contributed by atoms with Gasteiger partial charge < -0.3 is 18.6 Å². The minimum atomic E-state index is -0.411. The molecule has 6 aromatic rings. The molecule has 0 fully saturated rings. The summed E-state index contributed by atoms with van der Waals surface area (Å²) in [6.07, 6.45) is 4.46. The lowest BCUT2D eigenvalue weighted by Crippen LogP contribution is -2.22. The van der Waals surface area contributed by atoms with Crippen LogP contribution in [0.3, 0.4) is 0 Å². The number of hydrogen-bond donors (Lipinski definition) is 0. The van der Waals surface area contributed by atoms with E-state index in [0.717, 1.165) is 61.2 Å². The summed E-state index contributed by atoms with van der Waals surface area (Å²) in [6.45, 7) is -0.0614. The second kappa shape index (κ2) is 15.5. The van der Waals surface area contributed by atoms with Crippen molar-refractivity contribution in [1.29, 1.82) is 0 Å². The number of ether oxygens (including phenoxy) is 2. The van der Waals surface area contributed by atoms with Gasteiger partial charge in [0.1, 0.15) is 13.1 Å². The van der Waals surface area contributed by atoms with Crippen LogP contribution in [0.15, 0.2) is 82.8 Å². The maximum absolute atomic E-state index is 12.9. The highest BCUT2D eigenvalue weighted by molar-refractivity contribution is 7.17. The fraction of sp³-hybridized carbons (Fsp3) is 0.297. The fourth-order valence-corrected chi connectivity index (χ4v) is 8.23. The summed E-state index contributed by atoms with van der Waals surface area (Å²) in [6, 6.07) is 23.9. The van der Waals surface area contributed by atoms with E-state index in [9.17, 15) is 19.2 Å². The molecule has 12 heteroatoms. The molecule has 0 spiro atoms. The standard InChI is InChI=1S/C37H36N4O6S2/c1-46-32(44)22-40-28-20-18-24-12-8-10-14-26(24)34(28)48-36(40)38-30(42)16-6-4-3-5-7-17-31(43)39-37-41(23-33(45)47-2)29-21-19-25-13-9-11-15-27(25)35(29)49-37/h8-15,18-21H,3-7,16-17,22-23H2,1-2H3. The smallest absolute Gasteiger partial charge is 0.325 e. The molecule has 0 N–H and O–H groups in total. The number of amides is 2. The average Bonchev–Trinajstić information content (AvgIpc) is 3.64. The molecule has 0 atom stereocenters. The zero-order valence-electron chi connectivity index (χ0n) is 27.3.